The summed E-state index contributed by atoms with van der Waals surface area (Å²) < 4.78 is 0. The zero-order chi connectivity index (χ0) is 8.55. The first kappa shape index (κ1) is 7.77. The van der Waals surface area contributed by atoms with Crippen molar-refractivity contribution in [3.8, 4) is 0 Å². The second-order valence-electron chi connectivity index (χ2n) is 3.74. The monoisotopic (exact) mass is 167 g/mol. The molecular formula is C9H13NO2. The Morgan fingerprint density at radius 3 is 3.00 bits per heavy atom. The van der Waals surface area contributed by atoms with Gasteiger partial charge in [-0.3, -0.25) is 9.59 Å². The Labute approximate surface area is 71.7 Å². The van der Waals surface area contributed by atoms with Crippen LogP contribution < -0.4 is 0 Å². The molecule has 1 aliphatic heterocycles. The number of ketones is 1. The fourth-order valence-corrected chi connectivity index (χ4v) is 2.42. The van der Waals surface area contributed by atoms with Gasteiger partial charge in [-0.2, -0.15) is 0 Å². The molecule has 2 rings (SSSR count). The smallest absolute Gasteiger partial charge is 0.209 e. The Kier molecular flexibility index (Phi) is 1.87. The molecule has 0 aromatic carbocycles. The van der Waals surface area contributed by atoms with Gasteiger partial charge in [0.15, 0.2) is 0 Å². The highest BCUT2D eigenvalue weighted by molar-refractivity contribution is 5.79. The molecule has 3 heteroatoms. The molecule has 0 aromatic heterocycles. The summed E-state index contributed by atoms with van der Waals surface area (Å²) in [5.41, 5.74) is 0. The summed E-state index contributed by atoms with van der Waals surface area (Å²) in [5, 5.41) is 0. The Morgan fingerprint density at radius 1 is 1.42 bits per heavy atom. The maximum Gasteiger partial charge on any atom is 0.209 e. The molecule has 0 spiro atoms. The first-order valence-corrected chi connectivity index (χ1v) is 4.54. The van der Waals surface area contributed by atoms with Gasteiger partial charge in [-0.1, -0.05) is 0 Å². The fourth-order valence-electron chi connectivity index (χ4n) is 2.42. The van der Waals surface area contributed by atoms with Crippen LogP contribution >= 0.6 is 0 Å². The summed E-state index contributed by atoms with van der Waals surface area (Å²) in [6.45, 7) is 0.853. The lowest BCUT2D eigenvalue weighted by atomic mass is 9.84. The molecule has 0 unspecified atom stereocenters. The van der Waals surface area contributed by atoms with Crippen LogP contribution in [0.3, 0.4) is 0 Å². The topological polar surface area (TPSA) is 37.4 Å². The third-order valence-electron chi connectivity index (χ3n) is 3.07. The minimum atomic E-state index is 0.375. The average molecular weight is 167 g/mol. The molecule has 0 aromatic rings. The van der Waals surface area contributed by atoms with Crippen molar-refractivity contribution in [2.75, 3.05) is 6.54 Å². The first-order chi connectivity index (χ1) is 5.81. The number of hydrogen-bond acceptors (Lipinski definition) is 2. The maximum absolute atomic E-state index is 11.1. The highest BCUT2D eigenvalue weighted by Crippen LogP contribution is 2.33. The number of Topliss-reactive ketones (excluding diaryl/α,β-unsaturated/α-hetero) is 1. The Morgan fingerprint density at radius 2 is 2.25 bits per heavy atom. The van der Waals surface area contributed by atoms with Gasteiger partial charge in [0.2, 0.25) is 6.41 Å². The van der Waals surface area contributed by atoms with Crippen LogP contribution in [-0.4, -0.2) is 29.7 Å². The quantitative estimate of drug-likeness (QED) is 0.536. The molecule has 1 saturated heterocycles. The third kappa shape index (κ3) is 1.13. The number of nitrogens with zero attached hydrogens (tertiary/aromatic N) is 1. The molecule has 0 N–H and O–H groups in total. The number of carbonyl (C=O) groups is 2. The summed E-state index contributed by atoms with van der Waals surface area (Å²) in [6, 6.07) is 0.375. The van der Waals surface area contributed by atoms with E-state index in [4.69, 9.17) is 0 Å². The fraction of sp³-hybridized carbons (Fsp3) is 0.778. The van der Waals surface area contributed by atoms with Gasteiger partial charge in [0.25, 0.3) is 0 Å². The number of likely N-dealkylation sites (tertiary alicyclic amines) is 1. The molecule has 66 valence electrons. The first-order valence-electron chi connectivity index (χ1n) is 4.54. The minimum Gasteiger partial charge on any atom is -0.342 e. The van der Waals surface area contributed by atoms with Gasteiger partial charge in [0.1, 0.15) is 5.78 Å². The third-order valence-corrected chi connectivity index (χ3v) is 3.07. The molecule has 2 aliphatic rings. The van der Waals surface area contributed by atoms with E-state index < -0.39 is 0 Å². The van der Waals surface area contributed by atoms with E-state index in [0.29, 0.717) is 30.6 Å². The van der Waals surface area contributed by atoms with Crippen LogP contribution in [0.25, 0.3) is 0 Å². The summed E-state index contributed by atoms with van der Waals surface area (Å²) >= 11 is 0. The molecule has 2 fully saturated rings. The Bertz CT molecular complexity index is 215. The van der Waals surface area contributed by atoms with Crippen LogP contribution in [0.4, 0.5) is 0 Å². The Hall–Kier alpha value is -0.860. The van der Waals surface area contributed by atoms with E-state index in [1.165, 1.54) is 0 Å². The van der Waals surface area contributed by atoms with Crippen LogP contribution in [0.1, 0.15) is 25.7 Å². The zero-order valence-electron chi connectivity index (χ0n) is 7.03. The van der Waals surface area contributed by atoms with Crippen molar-refractivity contribution in [2.24, 2.45) is 5.92 Å². The van der Waals surface area contributed by atoms with Crippen molar-refractivity contribution < 1.29 is 9.59 Å². The van der Waals surface area contributed by atoms with Crippen LogP contribution in [0, 0.1) is 5.92 Å². The van der Waals surface area contributed by atoms with Crippen LogP contribution in [0.15, 0.2) is 0 Å². The summed E-state index contributed by atoms with van der Waals surface area (Å²) in [7, 11) is 0. The predicted octanol–water partition coefficient (Wildman–Crippen LogP) is 0.586. The van der Waals surface area contributed by atoms with Crippen LogP contribution in [-0.2, 0) is 9.59 Å². The Balaban J connectivity index is 2.07. The van der Waals surface area contributed by atoms with Crippen molar-refractivity contribution in [3.05, 3.63) is 0 Å². The lowest BCUT2D eigenvalue weighted by Gasteiger charge is -2.28. The van der Waals surface area contributed by atoms with Gasteiger partial charge in [-0.15, -0.1) is 0 Å². The average Bonchev–Trinajstić information content (AvgIpc) is 2.46. The summed E-state index contributed by atoms with van der Waals surface area (Å²) in [4.78, 5) is 23.5. The lowest BCUT2D eigenvalue weighted by molar-refractivity contribution is -0.125. The molecule has 1 aliphatic carbocycles. The van der Waals surface area contributed by atoms with Gasteiger partial charge in [0, 0.05) is 25.4 Å². The largest absolute Gasteiger partial charge is 0.342 e. The van der Waals surface area contributed by atoms with Crippen molar-refractivity contribution in [3.63, 3.8) is 0 Å². The molecule has 0 bridgehead atoms. The number of rotatable bonds is 1. The standard InChI is InChI=1S/C9H13NO2/c11-6-10-4-3-7-5-8(12)1-2-9(7)10/h6-7,9H,1-5H2/t7-,9+/m1/s1. The highest BCUT2D eigenvalue weighted by atomic mass is 16.1. The van der Waals surface area contributed by atoms with Gasteiger partial charge >= 0.3 is 0 Å². The zero-order valence-corrected chi connectivity index (χ0v) is 7.03. The molecule has 12 heavy (non-hydrogen) atoms. The molecule has 1 amide bonds. The second kappa shape index (κ2) is 2.88. The number of hydrogen-bond donors (Lipinski definition) is 0. The van der Waals surface area contributed by atoms with Crippen LogP contribution in [0.2, 0.25) is 0 Å². The number of carbonyl (C=O) groups excluding carboxylic acids is 2. The highest BCUT2D eigenvalue weighted by Gasteiger charge is 2.37. The van der Waals surface area contributed by atoms with E-state index in [0.717, 1.165) is 25.8 Å². The van der Waals surface area contributed by atoms with E-state index in [-0.39, 0.29) is 0 Å². The molecular weight excluding hydrogens is 154 g/mol. The van der Waals surface area contributed by atoms with Crippen molar-refractivity contribution in [2.45, 2.75) is 31.7 Å². The van der Waals surface area contributed by atoms with Crippen LogP contribution in [0.5, 0.6) is 0 Å². The van der Waals surface area contributed by atoms with E-state index in [1.54, 1.807) is 0 Å². The number of fused-ring (bicyclic) bond motifs is 1. The van der Waals surface area contributed by atoms with Crippen molar-refractivity contribution >= 4 is 12.2 Å². The molecule has 3 nitrogen and oxygen atoms in total. The van der Waals surface area contributed by atoms with E-state index in [2.05, 4.69) is 0 Å². The normalized spacial score (nSPS) is 35.0. The summed E-state index contributed by atoms with van der Waals surface area (Å²) in [5.74, 6) is 0.848. The predicted molar refractivity (Wildman–Crippen MR) is 43.5 cm³/mol. The SMILES string of the molecule is O=CN1CC[C@@H]2CC(=O)CC[C@@H]21. The number of amides is 1. The van der Waals surface area contributed by atoms with E-state index >= 15 is 0 Å². The van der Waals surface area contributed by atoms with E-state index in [9.17, 15) is 9.59 Å². The molecule has 1 saturated carbocycles. The summed E-state index contributed by atoms with van der Waals surface area (Å²) in [6.07, 6.45) is 4.22. The maximum atomic E-state index is 11.1. The van der Waals surface area contributed by atoms with Gasteiger partial charge in [-0.25, -0.2) is 0 Å². The van der Waals surface area contributed by atoms with Gasteiger partial charge in [-0.05, 0) is 18.8 Å². The van der Waals surface area contributed by atoms with Gasteiger partial charge in [0.05, 0.1) is 0 Å². The molecule has 1 heterocycles. The lowest BCUT2D eigenvalue weighted by Crippen LogP contribution is -2.35. The second-order valence-corrected chi connectivity index (χ2v) is 3.74. The molecule has 0 radical (unpaired) electrons. The molecule has 2 atom stereocenters. The minimum absolute atomic E-state index is 0.375. The van der Waals surface area contributed by atoms with Crippen molar-refractivity contribution in [1.29, 1.82) is 0 Å². The van der Waals surface area contributed by atoms with Gasteiger partial charge < -0.3 is 4.90 Å². The van der Waals surface area contributed by atoms with E-state index in [1.807, 2.05) is 4.90 Å². The van der Waals surface area contributed by atoms with Crippen molar-refractivity contribution in [1.82, 2.24) is 4.90 Å².